The summed E-state index contributed by atoms with van der Waals surface area (Å²) in [6, 6.07) is 65.1. The van der Waals surface area contributed by atoms with E-state index in [1.165, 1.54) is 49.7 Å². The van der Waals surface area contributed by atoms with Gasteiger partial charge in [-0.15, -0.1) is 0 Å². The van der Waals surface area contributed by atoms with Gasteiger partial charge in [-0.05, 0) is 61.5 Å². The molecule has 54 heavy (non-hydrogen) atoms. The molecule has 0 bridgehead atoms. The Balaban J connectivity index is 0.000000392. The van der Waals surface area contributed by atoms with Crippen molar-refractivity contribution in [1.29, 1.82) is 0 Å². The monoisotopic (exact) mass is 985 g/mol. The van der Waals surface area contributed by atoms with Crippen LogP contribution in [0.5, 0.6) is 0 Å². The predicted octanol–water partition coefficient (Wildman–Crippen LogP) is 7.74. The molecule has 3 radical (unpaired) electrons. The SMILES string of the molecule is O=S(=O)([O-])C(F)(F)F.[C-]#[O+].[CH2][C]([CH2])N.[Cl][Ir+2].c1ccc(P(c2ccccc2)c2ccccc2)cc1.c1ccc(P(c2ccccc2)c2ccccc2)cc1. The molecule has 0 unspecified atom stereocenters. The van der Waals surface area contributed by atoms with E-state index in [9.17, 15) is 13.2 Å². The summed E-state index contributed by atoms with van der Waals surface area (Å²) in [5.74, 6) is 0. The van der Waals surface area contributed by atoms with Crippen LogP contribution >= 0.6 is 25.4 Å². The number of benzene rings is 6. The Morgan fingerprint density at radius 1 is 0.537 bits per heavy atom. The third-order valence-electron chi connectivity index (χ3n) is 6.37. The minimum Gasteiger partial charge on any atom is -0.0622 e. The van der Waals surface area contributed by atoms with Gasteiger partial charge in [0.25, 0.3) is 0 Å². The smallest absolute Gasteiger partial charge is 0.0134 e. The zero-order valence-electron chi connectivity index (χ0n) is 28.6. The Hall–Kier alpha value is -3.48. The molecule has 281 valence electrons. The average Bonchev–Trinajstić information content (AvgIpc) is 3.19. The minimum atomic E-state index is -6.09. The second-order valence-electron chi connectivity index (χ2n) is 10.2. The molecule has 2 N–H and O–H groups in total. The van der Waals surface area contributed by atoms with Crippen LogP contribution in [-0.4, -0.2) is 18.5 Å². The maximum absolute atomic E-state index is 10.7. The van der Waals surface area contributed by atoms with E-state index in [1.807, 2.05) is 0 Å². The number of rotatable bonds is 6. The summed E-state index contributed by atoms with van der Waals surface area (Å²) in [5, 5.41) is 8.39. The van der Waals surface area contributed by atoms with Gasteiger partial charge in [-0.1, -0.05) is 182 Å². The second-order valence-corrected chi connectivity index (χ2v) is 16.1. The maximum atomic E-state index is 10.7. The first-order valence-corrected chi connectivity index (χ1v) is 22.5. The molecule has 0 aromatic heterocycles. The number of hydrogen-bond acceptors (Lipinski definition) is 4. The number of alkyl halides is 3. The van der Waals surface area contributed by atoms with E-state index in [-0.39, 0.29) is 0 Å². The van der Waals surface area contributed by atoms with Gasteiger partial charge in [0.15, 0.2) is 10.1 Å². The van der Waals surface area contributed by atoms with Crippen LogP contribution in [0, 0.1) is 26.5 Å². The van der Waals surface area contributed by atoms with Crippen molar-refractivity contribution in [2.45, 2.75) is 5.51 Å². The molecule has 0 fully saturated rings. The molecule has 6 aromatic rings. The quantitative estimate of drug-likeness (QED) is 0.0607. The molecular formula is C41H36ClF3IrNO4P2S+. The molecule has 13 heteroatoms. The number of hydrogen-bond donors (Lipinski definition) is 1. The number of nitrogens with two attached hydrogens (primary N) is 1. The molecule has 0 spiro atoms. The summed E-state index contributed by atoms with van der Waals surface area (Å²) in [7, 11) is -2.34. The zero-order valence-corrected chi connectivity index (χ0v) is 34.3. The van der Waals surface area contributed by atoms with Gasteiger partial charge in [0.2, 0.25) is 0 Å². The van der Waals surface area contributed by atoms with Crippen LogP contribution in [0.3, 0.4) is 0 Å². The van der Waals surface area contributed by atoms with Crippen LogP contribution < -0.4 is 37.6 Å². The fourth-order valence-corrected chi connectivity index (χ4v) is 8.97. The van der Waals surface area contributed by atoms with Gasteiger partial charge < -0.3 is 10.3 Å². The Kier molecular flexibility index (Phi) is 24.4. The fraction of sp³-hybridized carbons (Fsp3) is 0.0244. The average molecular weight is 985 g/mol. The fourth-order valence-electron chi connectivity index (χ4n) is 4.36. The first-order chi connectivity index (χ1) is 25.9. The molecule has 0 amide bonds. The van der Waals surface area contributed by atoms with E-state index in [0.29, 0.717) is 6.04 Å². The van der Waals surface area contributed by atoms with Crippen LogP contribution in [0.2, 0.25) is 0 Å². The van der Waals surface area contributed by atoms with Crippen molar-refractivity contribution in [3.05, 3.63) is 209 Å². The van der Waals surface area contributed by atoms with Crippen molar-refractivity contribution in [3.63, 3.8) is 0 Å². The van der Waals surface area contributed by atoms with Crippen molar-refractivity contribution in [3.8, 4) is 0 Å². The zero-order chi connectivity index (χ0) is 40.4. The Labute approximate surface area is 334 Å². The van der Waals surface area contributed by atoms with Crippen LogP contribution in [0.4, 0.5) is 13.2 Å². The Bertz CT molecular complexity index is 1640. The van der Waals surface area contributed by atoms with Crippen molar-refractivity contribution in [2.24, 2.45) is 5.73 Å². The topological polar surface area (TPSA) is 103 Å². The first-order valence-electron chi connectivity index (χ1n) is 15.4. The molecule has 0 aliphatic heterocycles. The predicted molar refractivity (Wildman–Crippen MR) is 214 cm³/mol. The van der Waals surface area contributed by atoms with E-state index in [1.54, 1.807) is 0 Å². The molecule has 6 rings (SSSR count). The Morgan fingerprint density at radius 3 is 0.741 bits per heavy atom. The summed E-state index contributed by atoms with van der Waals surface area (Å²) in [4.78, 5) is 0. The molecule has 0 saturated heterocycles. The van der Waals surface area contributed by atoms with Crippen molar-refractivity contribution < 1.29 is 48.7 Å². The summed E-state index contributed by atoms with van der Waals surface area (Å²) < 4.78 is 66.4. The standard InChI is InChI=1S/2C18H15P.C3H6N.CHF3O3S.CO.ClH.Ir/c2*1-4-10-16(11-5-1)19(17-12-6-2-7-13-17)18-14-8-3-9-15-18;1-3(2)4;2-1(3,4)8(5,6)7;1-2;;/h2*1-15H;1-2,4H2;(H,5,6,7);;1H;/q;;;;;;+3/p-2. The molecule has 5 nitrogen and oxygen atoms in total. The molecule has 6 aromatic carbocycles. The molecule has 0 aliphatic carbocycles. The van der Waals surface area contributed by atoms with E-state index in [2.05, 4.69) is 212 Å². The summed E-state index contributed by atoms with van der Waals surface area (Å²) in [6.45, 7) is 10.9. The van der Waals surface area contributed by atoms with E-state index >= 15 is 0 Å². The summed E-state index contributed by atoms with van der Waals surface area (Å²) >= 11 is 1.47. The number of halogens is 4. The largest absolute Gasteiger partial charge is 0.0622 e. The summed E-state index contributed by atoms with van der Waals surface area (Å²) in [5.41, 5.74) is -0.840. The van der Waals surface area contributed by atoms with Gasteiger partial charge >= 0.3 is 44.3 Å². The van der Waals surface area contributed by atoms with Gasteiger partial charge in [-0.3, -0.25) is 0 Å². The molecular weight excluding hydrogens is 949 g/mol. The normalized spacial score (nSPS) is 10.3. The van der Waals surface area contributed by atoms with E-state index in [0.717, 1.165) is 0 Å². The third-order valence-corrected chi connectivity index (χ3v) is 11.8. The van der Waals surface area contributed by atoms with Gasteiger partial charge in [0.05, 0.1) is 0 Å². The Morgan fingerprint density at radius 2 is 0.648 bits per heavy atom. The van der Waals surface area contributed by atoms with Crippen LogP contribution in [0.1, 0.15) is 0 Å². The van der Waals surface area contributed by atoms with Gasteiger partial charge in [0.1, 0.15) is 0 Å². The van der Waals surface area contributed by atoms with E-state index in [4.69, 9.17) is 23.4 Å². The van der Waals surface area contributed by atoms with Gasteiger partial charge in [-0.25, -0.2) is 8.42 Å². The summed E-state index contributed by atoms with van der Waals surface area (Å²) in [6.07, 6.45) is 0. The van der Waals surface area contributed by atoms with Crippen molar-refractivity contribution >= 4 is 67.4 Å². The minimum absolute atomic E-state index is 0.417. The molecule has 0 aliphatic rings. The first kappa shape index (κ1) is 48.5. The molecule has 0 atom stereocenters. The van der Waals surface area contributed by atoms with Crippen LogP contribution in [0.25, 0.3) is 0 Å². The van der Waals surface area contributed by atoms with Gasteiger partial charge in [0, 0.05) is 6.04 Å². The molecule has 0 heterocycles. The maximum Gasteiger partial charge on any atom is -0.0134 e. The van der Waals surface area contributed by atoms with Crippen LogP contribution in [0.15, 0.2) is 182 Å². The van der Waals surface area contributed by atoms with Crippen LogP contribution in [-0.2, 0) is 32.7 Å². The van der Waals surface area contributed by atoms with E-state index < -0.39 is 31.5 Å². The van der Waals surface area contributed by atoms with Crippen molar-refractivity contribution in [1.82, 2.24) is 0 Å². The van der Waals surface area contributed by atoms with Gasteiger partial charge in [-0.2, -0.15) is 13.2 Å². The second kappa shape index (κ2) is 27.2. The third kappa shape index (κ3) is 18.2. The van der Waals surface area contributed by atoms with Crippen molar-refractivity contribution in [2.75, 3.05) is 0 Å². The molecule has 0 saturated carbocycles.